The van der Waals surface area contributed by atoms with Gasteiger partial charge >= 0.3 is 0 Å². The highest BCUT2D eigenvalue weighted by Gasteiger charge is 2.25. The number of nitrogens with zero attached hydrogens (tertiary/aromatic N) is 2. The molecular formula is C11H13N3O. The highest BCUT2D eigenvalue weighted by molar-refractivity contribution is 5.80. The van der Waals surface area contributed by atoms with Gasteiger partial charge in [0.15, 0.2) is 0 Å². The topological polar surface area (TPSA) is 50.8 Å². The lowest BCUT2D eigenvalue weighted by atomic mass is 10.1. The fraction of sp³-hybridized carbons (Fsp3) is 0.455. The van der Waals surface area contributed by atoms with Gasteiger partial charge in [0.25, 0.3) is 0 Å². The quantitative estimate of drug-likeness (QED) is 0.829. The van der Waals surface area contributed by atoms with Crippen molar-refractivity contribution in [2.24, 2.45) is 5.92 Å². The highest BCUT2D eigenvalue weighted by Crippen LogP contribution is 2.37. The first kappa shape index (κ1) is 8.71. The highest BCUT2D eigenvalue weighted by atomic mass is 16.5. The molecule has 78 valence electrons. The van der Waals surface area contributed by atoms with Crippen molar-refractivity contribution in [3.8, 4) is 5.75 Å². The molecular weight excluding hydrogens is 190 g/mol. The zero-order valence-electron chi connectivity index (χ0n) is 8.66. The SMILES string of the molecule is COc1ccc2[nH]nnc2c1CC1CC1. The summed E-state index contributed by atoms with van der Waals surface area (Å²) in [5.41, 5.74) is 3.15. The maximum atomic E-state index is 5.37. The Morgan fingerprint density at radius 1 is 1.47 bits per heavy atom. The van der Waals surface area contributed by atoms with Gasteiger partial charge in [0.1, 0.15) is 11.3 Å². The fourth-order valence-corrected chi connectivity index (χ4v) is 1.95. The normalized spacial score (nSPS) is 15.8. The Morgan fingerprint density at radius 3 is 3.07 bits per heavy atom. The van der Waals surface area contributed by atoms with E-state index in [9.17, 15) is 0 Å². The molecule has 2 aromatic rings. The van der Waals surface area contributed by atoms with Crippen molar-refractivity contribution in [3.05, 3.63) is 17.7 Å². The van der Waals surface area contributed by atoms with Crippen molar-refractivity contribution in [3.63, 3.8) is 0 Å². The van der Waals surface area contributed by atoms with Crippen LogP contribution in [0, 0.1) is 5.92 Å². The third-order valence-corrected chi connectivity index (χ3v) is 2.97. The Labute approximate surface area is 87.6 Å². The first-order valence-electron chi connectivity index (χ1n) is 5.25. The molecule has 0 bridgehead atoms. The summed E-state index contributed by atoms with van der Waals surface area (Å²) in [6, 6.07) is 3.95. The second-order valence-electron chi connectivity index (χ2n) is 4.10. The summed E-state index contributed by atoms with van der Waals surface area (Å²) in [6.45, 7) is 0. The van der Waals surface area contributed by atoms with Crippen molar-refractivity contribution in [2.45, 2.75) is 19.3 Å². The van der Waals surface area contributed by atoms with E-state index in [2.05, 4.69) is 15.4 Å². The molecule has 4 heteroatoms. The average molecular weight is 203 g/mol. The lowest BCUT2D eigenvalue weighted by molar-refractivity contribution is 0.409. The van der Waals surface area contributed by atoms with Gasteiger partial charge in [-0.25, -0.2) is 0 Å². The molecule has 1 fully saturated rings. The molecule has 15 heavy (non-hydrogen) atoms. The predicted molar refractivity (Wildman–Crippen MR) is 56.9 cm³/mol. The van der Waals surface area contributed by atoms with E-state index < -0.39 is 0 Å². The Kier molecular flexibility index (Phi) is 1.87. The summed E-state index contributed by atoms with van der Waals surface area (Å²) in [5, 5.41) is 10.8. The summed E-state index contributed by atoms with van der Waals surface area (Å²) >= 11 is 0. The zero-order chi connectivity index (χ0) is 10.3. The van der Waals surface area contributed by atoms with Crippen molar-refractivity contribution >= 4 is 11.0 Å². The third-order valence-electron chi connectivity index (χ3n) is 2.97. The van der Waals surface area contributed by atoms with Gasteiger partial charge in [0.2, 0.25) is 0 Å². The average Bonchev–Trinajstić information content (AvgIpc) is 2.94. The third kappa shape index (κ3) is 1.46. The van der Waals surface area contributed by atoms with Crippen LogP contribution in [0.1, 0.15) is 18.4 Å². The van der Waals surface area contributed by atoms with Crippen LogP contribution in [0.2, 0.25) is 0 Å². The number of H-pyrrole nitrogens is 1. The maximum Gasteiger partial charge on any atom is 0.124 e. The number of benzene rings is 1. The molecule has 3 rings (SSSR count). The van der Waals surface area contributed by atoms with E-state index in [-0.39, 0.29) is 0 Å². The van der Waals surface area contributed by atoms with E-state index in [1.165, 1.54) is 18.4 Å². The first-order chi connectivity index (χ1) is 7.38. The maximum absolute atomic E-state index is 5.37. The predicted octanol–water partition coefficient (Wildman–Crippen LogP) is 1.92. The second-order valence-corrected chi connectivity index (χ2v) is 4.10. The number of aromatic amines is 1. The van der Waals surface area contributed by atoms with Crippen LogP contribution < -0.4 is 4.74 Å². The number of aromatic nitrogens is 3. The molecule has 4 nitrogen and oxygen atoms in total. The first-order valence-corrected chi connectivity index (χ1v) is 5.25. The lowest BCUT2D eigenvalue weighted by Gasteiger charge is -2.07. The number of nitrogens with one attached hydrogen (secondary N) is 1. The van der Waals surface area contributed by atoms with Gasteiger partial charge in [-0.05, 0) is 37.3 Å². The Morgan fingerprint density at radius 2 is 2.33 bits per heavy atom. The number of rotatable bonds is 3. The molecule has 0 spiro atoms. The van der Waals surface area contributed by atoms with E-state index in [4.69, 9.17) is 4.74 Å². The molecule has 1 saturated carbocycles. The van der Waals surface area contributed by atoms with Crippen LogP contribution in [-0.2, 0) is 6.42 Å². The van der Waals surface area contributed by atoms with E-state index in [1.807, 2.05) is 12.1 Å². The van der Waals surface area contributed by atoms with Crippen molar-refractivity contribution in [1.82, 2.24) is 15.4 Å². The van der Waals surface area contributed by atoms with Crippen LogP contribution in [0.25, 0.3) is 11.0 Å². The standard InChI is InChI=1S/C11H13N3O/c1-15-10-5-4-9-11(13-14-12-9)8(10)6-7-2-3-7/h4-5,7H,2-3,6H2,1H3,(H,12,13,14). The van der Waals surface area contributed by atoms with Crippen LogP contribution in [0.5, 0.6) is 5.75 Å². The van der Waals surface area contributed by atoms with Crippen molar-refractivity contribution in [2.75, 3.05) is 7.11 Å². The van der Waals surface area contributed by atoms with Gasteiger partial charge < -0.3 is 4.74 Å². The van der Waals surface area contributed by atoms with E-state index in [0.717, 1.165) is 29.1 Å². The molecule has 0 unspecified atom stereocenters. The summed E-state index contributed by atoms with van der Waals surface area (Å²) in [6.07, 6.45) is 3.72. The van der Waals surface area contributed by atoms with Gasteiger partial charge in [-0.15, -0.1) is 5.10 Å². The Bertz CT molecular complexity index is 488. The molecule has 1 aromatic carbocycles. The lowest BCUT2D eigenvalue weighted by Crippen LogP contribution is -1.95. The van der Waals surface area contributed by atoms with Gasteiger partial charge in [-0.3, -0.25) is 5.10 Å². The minimum absolute atomic E-state index is 0.821. The molecule has 1 N–H and O–H groups in total. The second kappa shape index (κ2) is 3.22. The van der Waals surface area contributed by atoms with E-state index in [0.29, 0.717) is 0 Å². The van der Waals surface area contributed by atoms with E-state index >= 15 is 0 Å². The monoisotopic (exact) mass is 203 g/mol. The zero-order valence-corrected chi connectivity index (χ0v) is 8.66. The number of hydrogen-bond acceptors (Lipinski definition) is 3. The number of hydrogen-bond donors (Lipinski definition) is 1. The number of ether oxygens (including phenoxy) is 1. The minimum atomic E-state index is 0.821. The van der Waals surface area contributed by atoms with Crippen molar-refractivity contribution in [1.29, 1.82) is 0 Å². The summed E-state index contributed by atoms with van der Waals surface area (Å²) < 4.78 is 5.37. The molecule has 1 heterocycles. The largest absolute Gasteiger partial charge is 0.496 e. The Balaban J connectivity index is 2.13. The van der Waals surface area contributed by atoms with Crippen LogP contribution in [0.15, 0.2) is 12.1 Å². The van der Waals surface area contributed by atoms with Crippen LogP contribution in [0.3, 0.4) is 0 Å². The van der Waals surface area contributed by atoms with Crippen LogP contribution in [-0.4, -0.2) is 22.5 Å². The molecule has 1 aliphatic rings. The molecule has 0 amide bonds. The summed E-state index contributed by atoms with van der Waals surface area (Å²) in [4.78, 5) is 0. The number of methoxy groups -OCH3 is 1. The minimum Gasteiger partial charge on any atom is -0.496 e. The van der Waals surface area contributed by atoms with Crippen molar-refractivity contribution < 1.29 is 4.74 Å². The van der Waals surface area contributed by atoms with E-state index in [1.54, 1.807) is 7.11 Å². The molecule has 0 atom stereocenters. The Hall–Kier alpha value is -1.58. The van der Waals surface area contributed by atoms with Crippen LogP contribution in [0.4, 0.5) is 0 Å². The van der Waals surface area contributed by atoms with Crippen LogP contribution >= 0.6 is 0 Å². The molecule has 0 saturated heterocycles. The van der Waals surface area contributed by atoms with Gasteiger partial charge in [-0.2, -0.15) is 0 Å². The smallest absolute Gasteiger partial charge is 0.124 e. The molecule has 0 radical (unpaired) electrons. The summed E-state index contributed by atoms with van der Waals surface area (Å²) in [5.74, 6) is 1.75. The molecule has 1 aromatic heterocycles. The van der Waals surface area contributed by atoms with Gasteiger partial charge in [0.05, 0.1) is 12.6 Å². The molecule has 0 aliphatic heterocycles. The molecule has 1 aliphatic carbocycles. The van der Waals surface area contributed by atoms with Gasteiger partial charge in [0, 0.05) is 5.56 Å². The van der Waals surface area contributed by atoms with Gasteiger partial charge in [-0.1, -0.05) is 5.21 Å². The fourth-order valence-electron chi connectivity index (χ4n) is 1.95. The summed E-state index contributed by atoms with van der Waals surface area (Å²) in [7, 11) is 1.71. The number of fused-ring (bicyclic) bond motifs is 1.